The highest BCUT2D eigenvalue weighted by atomic mass is 16.5. The first kappa shape index (κ1) is 15.0. The molecular formula is C17H25NO2. The van der Waals surface area contributed by atoms with Crippen LogP contribution >= 0.6 is 0 Å². The number of carbonyl (C=O) groups excluding carboxylic acids is 1. The monoisotopic (exact) mass is 275 g/mol. The Morgan fingerprint density at radius 3 is 2.35 bits per heavy atom. The fourth-order valence-electron chi connectivity index (χ4n) is 2.77. The number of rotatable bonds is 4. The minimum Gasteiger partial charge on any atom is -0.459 e. The zero-order valence-corrected chi connectivity index (χ0v) is 12.8. The van der Waals surface area contributed by atoms with Gasteiger partial charge in [0.15, 0.2) is 0 Å². The van der Waals surface area contributed by atoms with Crippen LogP contribution in [0.2, 0.25) is 0 Å². The van der Waals surface area contributed by atoms with Crippen LogP contribution in [0.1, 0.15) is 45.7 Å². The number of carbonyl (C=O) groups is 1. The van der Waals surface area contributed by atoms with Crippen LogP contribution in [0, 0.1) is 11.8 Å². The molecule has 1 aliphatic rings. The van der Waals surface area contributed by atoms with Gasteiger partial charge in [-0.25, -0.2) is 0 Å². The van der Waals surface area contributed by atoms with Crippen molar-refractivity contribution in [3.8, 4) is 0 Å². The van der Waals surface area contributed by atoms with Crippen molar-refractivity contribution in [1.29, 1.82) is 0 Å². The lowest BCUT2D eigenvalue weighted by Crippen LogP contribution is -2.53. The van der Waals surface area contributed by atoms with E-state index < -0.39 is 0 Å². The molecule has 0 aromatic heterocycles. The van der Waals surface area contributed by atoms with Gasteiger partial charge in [0, 0.05) is 0 Å². The van der Waals surface area contributed by atoms with Gasteiger partial charge in [0.25, 0.3) is 0 Å². The summed E-state index contributed by atoms with van der Waals surface area (Å²) >= 11 is 0. The predicted octanol–water partition coefficient (Wildman–Crippen LogP) is 3.31. The molecule has 3 heteroatoms. The van der Waals surface area contributed by atoms with Crippen molar-refractivity contribution in [2.75, 3.05) is 0 Å². The molecule has 110 valence electrons. The highest BCUT2D eigenvalue weighted by molar-refractivity contribution is 5.77. The van der Waals surface area contributed by atoms with E-state index in [-0.39, 0.29) is 30.1 Å². The topological polar surface area (TPSA) is 38.3 Å². The number of esters is 1. The zero-order chi connectivity index (χ0) is 14.7. The van der Waals surface area contributed by atoms with Gasteiger partial charge in [-0.3, -0.25) is 10.1 Å². The van der Waals surface area contributed by atoms with Crippen LogP contribution in [0.5, 0.6) is 0 Å². The summed E-state index contributed by atoms with van der Waals surface area (Å²) in [5.74, 6) is 0.647. The Labute approximate surface area is 121 Å². The molecule has 0 saturated carbocycles. The van der Waals surface area contributed by atoms with E-state index in [2.05, 4.69) is 45.1 Å². The second kappa shape index (κ2) is 6.40. The van der Waals surface area contributed by atoms with Gasteiger partial charge in [-0.1, -0.05) is 58.0 Å². The number of hydrogen-bond acceptors (Lipinski definition) is 3. The molecule has 1 N–H and O–H groups in total. The van der Waals surface area contributed by atoms with Crippen molar-refractivity contribution < 1.29 is 9.53 Å². The normalized spacial score (nSPS) is 26.9. The summed E-state index contributed by atoms with van der Waals surface area (Å²) in [5, 5.41) is 3.51. The summed E-state index contributed by atoms with van der Waals surface area (Å²) in [6.07, 6.45) is 0.709. The Balaban J connectivity index is 2.22. The molecule has 1 heterocycles. The van der Waals surface area contributed by atoms with E-state index in [4.69, 9.17) is 4.74 Å². The minimum atomic E-state index is -0.199. The van der Waals surface area contributed by atoms with Gasteiger partial charge in [-0.15, -0.1) is 0 Å². The largest absolute Gasteiger partial charge is 0.459 e. The average Bonchev–Trinajstić information content (AvgIpc) is 2.41. The van der Waals surface area contributed by atoms with Crippen molar-refractivity contribution >= 4 is 5.97 Å². The Bertz CT molecular complexity index is 442. The molecule has 1 saturated heterocycles. The third kappa shape index (κ3) is 3.40. The lowest BCUT2D eigenvalue weighted by molar-refractivity contribution is -0.164. The molecule has 0 radical (unpaired) electrons. The molecule has 0 amide bonds. The summed E-state index contributed by atoms with van der Waals surface area (Å²) < 4.78 is 5.73. The Morgan fingerprint density at radius 2 is 1.80 bits per heavy atom. The molecule has 1 aromatic rings. The standard InChI is InChI=1S/C17H25NO2/c1-11(2)10-14-17(19)20-16(12(3)4)15(18-14)13-8-6-5-7-9-13/h5-9,11-12,14-16,18H,10H2,1-4H3/t14-,15+,16-/m0/s1. The first-order chi connectivity index (χ1) is 9.49. The van der Waals surface area contributed by atoms with E-state index in [9.17, 15) is 4.79 Å². The van der Waals surface area contributed by atoms with E-state index >= 15 is 0 Å². The average molecular weight is 275 g/mol. The Kier molecular flexibility index (Phi) is 4.81. The van der Waals surface area contributed by atoms with Gasteiger partial charge in [0.2, 0.25) is 0 Å². The summed E-state index contributed by atoms with van der Waals surface area (Å²) in [7, 11) is 0. The first-order valence-electron chi connectivity index (χ1n) is 7.50. The summed E-state index contributed by atoms with van der Waals surface area (Å²) in [6.45, 7) is 8.44. The molecule has 1 fully saturated rings. The highest BCUT2D eigenvalue weighted by Gasteiger charge is 2.39. The molecule has 3 nitrogen and oxygen atoms in total. The highest BCUT2D eigenvalue weighted by Crippen LogP contribution is 2.30. The van der Waals surface area contributed by atoms with Crippen molar-refractivity contribution in [2.45, 2.75) is 52.3 Å². The van der Waals surface area contributed by atoms with Crippen LogP contribution in [-0.2, 0) is 9.53 Å². The van der Waals surface area contributed by atoms with Crippen LogP contribution in [0.15, 0.2) is 30.3 Å². The third-order valence-corrected chi connectivity index (χ3v) is 3.77. The first-order valence-corrected chi connectivity index (χ1v) is 7.50. The van der Waals surface area contributed by atoms with Gasteiger partial charge in [0.05, 0.1) is 6.04 Å². The zero-order valence-electron chi connectivity index (χ0n) is 12.8. The minimum absolute atomic E-state index is 0.0812. The number of benzene rings is 1. The van der Waals surface area contributed by atoms with E-state index in [0.29, 0.717) is 5.92 Å². The van der Waals surface area contributed by atoms with E-state index in [1.807, 2.05) is 18.2 Å². The smallest absolute Gasteiger partial charge is 0.323 e. The van der Waals surface area contributed by atoms with Gasteiger partial charge in [-0.2, -0.15) is 0 Å². The maximum Gasteiger partial charge on any atom is 0.323 e. The fraction of sp³-hybridized carbons (Fsp3) is 0.588. The maximum atomic E-state index is 12.1. The van der Waals surface area contributed by atoms with Crippen molar-refractivity contribution in [3.63, 3.8) is 0 Å². The van der Waals surface area contributed by atoms with Crippen LogP contribution in [0.4, 0.5) is 0 Å². The van der Waals surface area contributed by atoms with Gasteiger partial charge in [-0.05, 0) is 23.8 Å². The van der Waals surface area contributed by atoms with Crippen LogP contribution in [-0.4, -0.2) is 18.1 Å². The van der Waals surface area contributed by atoms with Crippen LogP contribution in [0.25, 0.3) is 0 Å². The molecule has 3 atom stereocenters. The molecule has 1 aliphatic heterocycles. The number of cyclic esters (lactones) is 1. The number of nitrogens with one attached hydrogen (secondary N) is 1. The number of morpholine rings is 1. The fourth-order valence-corrected chi connectivity index (χ4v) is 2.77. The van der Waals surface area contributed by atoms with E-state index in [1.165, 1.54) is 5.56 Å². The van der Waals surface area contributed by atoms with E-state index in [1.54, 1.807) is 0 Å². The van der Waals surface area contributed by atoms with Crippen LogP contribution < -0.4 is 5.32 Å². The quantitative estimate of drug-likeness (QED) is 0.857. The van der Waals surface area contributed by atoms with Crippen molar-refractivity contribution in [2.24, 2.45) is 11.8 Å². The molecule has 0 unspecified atom stereocenters. The Morgan fingerprint density at radius 1 is 1.15 bits per heavy atom. The van der Waals surface area contributed by atoms with E-state index in [0.717, 1.165) is 6.42 Å². The molecule has 1 aromatic carbocycles. The number of ether oxygens (including phenoxy) is 1. The van der Waals surface area contributed by atoms with Gasteiger partial charge >= 0.3 is 5.97 Å². The maximum absolute atomic E-state index is 12.1. The van der Waals surface area contributed by atoms with Crippen molar-refractivity contribution in [3.05, 3.63) is 35.9 Å². The van der Waals surface area contributed by atoms with Crippen LogP contribution in [0.3, 0.4) is 0 Å². The molecule has 0 spiro atoms. The molecule has 20 heavy (non-hydrogen) atoms. The number of hydrogen-bond donors (Lipinski definition) is 1. The van der Waals surface area contributed by atoms with Crippen molar-refractivity contribution in [1.82, 2.24) is 5.32 Å². The lowest BCUT2D eigenvalue weighted by atomic mass is 9.90. The second-order valence-electron chi connectivity index (χ2n) is 6.38. The summed E-state index contributed by atoms with van der Waals surface area (Å²) in [5.41, 5.74) is 1.19. The molecule has 2 rings (SSSR count). The second-order valence-corrected chi connectivity index (χ2v) is 6.38. The summed E-state index contributed by atoms with van der Waals surface area (Å²) in [6, 6.07) is 10.1. The Hall–Kier alpha value is -1.35. The molecular weight excluding hydrogens is 250 g/mol. The molecule has 0 bridgehead atoms. The summed E-state index contributed by atoms with van der Waals surface area (Å²) in [4.78, 5) is 12.1. The third-order valence-electron chi connectivity index (χ3n) is 3.77. The molecule has 0 aliphatic carbocycles. The SMILES string of the molecule is CC(C)C[C@@H]1N[C@H](c2ccccc2)[C@H](C(C)C)OC1=O. The van der Waals surface area contributed by atoms with Gasteiger partial charge in [0.1, 0.15) is 12.1 Å². The lowest BCUT2D eigenvalue weighted by Gasteiger charge is -2.39. The predicted molar refractivity (Wildman–Crippen MR) is 80.3 cm³/mol. The van der Waals surface area contributed by atoms with Gasteiger partial charge < -0.3 is 4.74 Å².